The number of anilines is 1. The highest BCUT2D eigenvalue weighted by atomic mass is 19.1. The largest absolute Gasteiger partial charge is 0.490 e. The molecule has 41 heavy (non-hydrogen) atoms. The van der Waals surface area contributed by atoms with E-state index in [1.807, 2.05) is 12.1 Å². The summed E-state index contributed by atoms with van der Waals surface area (Å²) < 4.78 is 27.2. The van der Waals surface area contributed by atoms with Gasteiger partial charge in [-0.2, -0.15) is 0 Å². The van der Waals surface area contributed by atoms with Gasteiger partial charge in [0, 0.05) is 45.3 Å². The Kier molecular flexibility index (Phi) is 6.22. The number of imide groups is 1. The van der Waals surface area contributed by atoms with E-state index in [1.165, 1.54) is 4.90 Å². The number of likely N-dealkylation sites (N-methyl/N-ethyl adjacent to an activating group) is 1. The molecule has 1 atom stereocenters. The Hall–Kier alpha value is -3.99. The van der Waals surface area contributed by atoms with Crippen molar-refractivity contribution in [3.63, 3.8) is 0 Å². The van der Waals surface area contributed by atoms with E-state index in [0.717, 1.165) is 51.4 Å². The number of pyridine rings is 1. The van der Waals surface area contributed by atoms with Gasteiger partial charge in [-0.3, -0.25) is 19.7 Å². The average Bonchev–Trinajstić information content (AvgIpc) is 3.50. The molecule has 7 rings (SSSR count). The maximum Gasteiger partial charge on any atom is 0.257 e. The summed E-state index contributed by atoms with van der Waals surface area (Å²) in [5.74, 6) is -0.644. The summed E-state index contributed by atoms with van der Waals surface area (Å²) in [7, 11) is 0. The number of benzene rings is 1. The van der Waals surface area contributed by atoms with E-state index in [9.17, 15) is 14.4 Å². The molecule has 4 aliphatic rings. The minimum Gasteiger partial charge on any atom is -0.490 e. The molecule has 2 saturated heterocycles. The summed E-state index contributed by atoms with van der Waals surface area (Å²) >= 11 is 0. The molecule has 3 amide bonds. The number of ether oxygens (including phenoxy) is 1. The summed E-state index contributed by atoms with van der Waals surface area (Å²) in [6.45, 7) is 7.21. The van der Waals surface area contributed by atoms with Crippen LogP contribution in [0.2, 0.25) is 0 Å². The van der Waals surface area contributed by atoms with Crippen molar-refractivity contribution in [3.8, 4) is 5.75 Å². The van der Waals surface area contributed by atoms with Gasteiger partial charge in [0.2, 0.25) is 11.8 Å². The number of carbonyl (C=O) groups is 3. The van der Waals surface area contributed by atoms with Crippen molar-refractivity contribution in [1.29, 1.82) is 0 Å². The van der Waals surface area contributed by atoms with E-state index in [0.29, 0.717) is 29.2 Å². The van der Waals surface area contributed by atoms with Gasteiger partial charge in [0.1, 0.15) is 22.5 Å². The summed E-state index contributed by atoms with van der Waals surface area (Å²) in [4.78, 5) is 50.1. The van der Waals surface area contributed by atoms with Gasteiger partial charge in [-0.25, -0.2) is 9.37 Å². The predicted octanol–water partition coefficient (Wildman–Crippen LogP) is 2.84. The van der Waals surface area contributed by atoms with Gasteiger partial charge in [0.05, 0.1) is 18.6 Å². The fourth-order valence-corrected chi connectivity index (χ4v) is 6.12. The Labute approximate surface area is 236 Å². The molecule has 1 saturated carbocycles. The van der Waals surface area contributed by atoms with Crippen molar-refractivity contribution < 1.29 is 27.9 Å². The third-order valence-electron chi connectivity index (χ3n) is 8.81. The summed E-state index contributed by atoms with van der Waals surface area (Å²) in [6.07, 6.45) is 1.95. The van der Waals surface area contributed by atoms with Gasteiger partial charge in [-0.05, 0) is 49.1 Å². The summed E-state index contributed by atoms with van der Waals surface area (Å²) in [5.41, 5.74) is 0.0791. The van der Waals surface area contributed by atoms with Crippen molar-refractivity contribution in [3.05, 3.63) is 53.0 Å². The van der Waals surface area contributed by atoms with Crippen LogP contribution >= 0.6 is 0 Å². The lowest BCUT2D eigenvalue weighted by molar-refractivity contribution is -0.127. The number of hydrogen-bond donors (Lipinski definition) is 1. The number of carbonyl (C=O) groups excluding carboxylic acids is 3. The quantitative estimate of drug-likeness (QED) is 0.419. The zero-order valence-electron chi connectivity index (χ0n) is 23.0. The monoisotopic (exact) mass is 561 g/mol. The SMILES string of the molecule is CCN1CCN(c2ccc3oc([C@@]4(CN5Cc6ccc(OCC7CC7)c(F)c6C5=O)CC(=O)NC4=O)cc3n2)CC1. The molecule has 0 bridgehead atoms. The van der Waals surface area contributed by atoms with E-state index < -0.39 is 29.0 Å². The lowest BCUT2D eigenvalue weighted by Gasteiger charge is -2.34. The van der Waals surface area contributed by atoms with Gasteiger partial charge in [-0.1, -0.05) is 13.0 Å². The minimum absolute atomic E-state index is 0.0442. The highest BCUT2D eigenvalue weighted by Gasteiger charge is 2.53. The van der Waals surface area contributed by atoms with E-state index in [4.69, 9.17) is 14.1 Å². The fraction of sp³-hybridized carbons (Fsp3) is 0.467. The number of hydrogen-bond acceptors (Lipinski definition) is 8. The van der Waals surface area contributed by atoms with Crippen LogP contribution in [0.1, 0.15) is 47.9 Å². The number of amides is 3. The van der Waals surface area contributed by atoms with Crippen LogP contribution in [0.15, 0.2) is 34.7 Å². The first-order valence-corrected chi connectivity index (χ1v) is 14.3. The zero-order valence-corrected chi connectivity index (χ0v) is 23.0. The van der Waals surface area contributed by atoms with E-state index >= 15 is 4.39 Å². The molecular weight excluding hydrogens is 529 g/mol. The van der Waals surface area contributed by atoms with Crippen molar-refractivity contribution in [2.45, 2.75) is 38.1 Å². The molecule has 10 nitrogen and oxygen atoms in total. The van der Waals surface area contributed by atoms with Crippen molar-refractivity contribution >= 4 is 34.6 Å². The van der Waals surface area contributed by atoms with Gasteiger partial charge in [-0.15, -0.1) is 0 Å². The number of nitrogens with one attached hydrogen (secondary N) is 1. The molecular formula is C30H32FN5O5. The molecule has 1 aromatic carbocycles. The highest BCUT2D eigenvalue weighted by Crippen LogP contribution is 2.40. The molecule has 0 radical (unpaired) electrons. The molecule has 214 valence electrons. The van der Waals surface area contributed by atoms with E-state index in [2.05, 4.69) is 22.0 Å². The van der Waals surface area contributed by atoms with Gasteiger partial charge in [0.15, 0.2) is 17.1 Å². The Balaban J connectivity index is 1.17. The Bertz CT molecular complexity index is 1560. The van der Waals surface area contributed by atoms with Gasteiger partial charge in [0.25, 0.3) is 5.91 Å². The third-order valence-corrected chi connectivity index (χ3v) is 8.81. The van der Waals surface area contributed by atoms with Crippen LogP contribution in [0.25, 0.3) is 11.1 Å². The van der Waals surface area contributed by atoms with Crippen LogP contribution in [-0.2, 0) is 21.5 Å². The molecule has 3 aliphatic heterocycles. The summed E-state index contributed by atoms with van der Waals surface area (Å²) in [5, 5.41) is 2.38. The Morgan fingerprint density at radius 2 is 1.93 bits per heavy atom. The molecule has 1 aliphatic carbocycles. The number of fused-ring (bicyclic) bond motifs is 2. The van der Waals surface area contributed by atoms with Crippen LogP contribution in [0.5, 0.6) is 5.75 Å². The lowest BCUT2D eigenvalue weighted by atomic mass is 9.82. The highest BCUT2D eigenvalue weighted by molar-refractivity contribution is 6.10. The second-order valence-corrected chi connectivity index (χ2v) is 11.5. The van der Waals surface area contributed by atoms with Crippen LogP contribution in [0.4, 0.5) is 10.2 Å². The maximum absolute atomic E-state index is 15.4. The van der Waals surface area contributed by atoms with Crippen LogP contribution in [-0.4, -0.2) is 78.4 Å². The zero-order chi connectivity index (χ0) is 28.3. The molecule has 1 N–H and O–H groups in total. The number of halogens is 1. The third kappa shape index (κ3) is 4.52. The summed E-state index contributed by atoms with van der Waals surface area (Å²) in [6, 6.07) is 8.66. The van der Waals surface area contributed by atoms with Crippen LogP contribution < -0.4 is 15.0 Å². The first kappa shape index (κ1) is 25.9. The number of piperazine rings is 1. The molecule has 0 unspecified atom stereocenters. The number of rotatable bonds is 8. The van der Waals surface area contributed by atoms with E-state index in [-0.39, 0.29) is 36.6 Å². The number of furan rings is 1. The van der Waals surface area contributed by atoms with Crippen molar-refractivity contribution in [1.82, 2.24) is 20.1 Å². The smallest absolute Gasteiger partial charge is 0.257 e. The number of aromatic nitrogens is 1. The second kappa shape index (κ2) is 9.83. The molecule has 3 aromatic rings. The van der Waals surface area contributed by atoms with E-state index in [1.54, 1.807) is 18.2 Å². The van der Waals surface area contributed by atoms with Crippen molar-refractivity contribution in [2.75, 3.05) is 50.8 Å². The molecule has 5 heterocycles. The molecule has 11 heteroatoms. The second-order valence-electron chi connectivity index (χ2n) is 11.5. The molecule has 2 aromatic heterocycles. The van der Waals surface area contributed by atoms with Crippen LogP contribution in [0.3, 0.4) is 0 Å². The van der Waals surface area contributed by atoms with Gasteiger partial charge < -0.3 is 23.9 Å². The first-order chi connectivity index (χ1) is 19.8. The number of nitrogens with zero attached hydrogens (tertiary/aromatic N) is 4. The van der Waals surface area contributed by atoms with Gasteiger partial charge >= 0.3 is 0 Å². The minimum atomic E-state index is -1.45. The predicted molar refractivity (Wildman–Crippen MR) is 147 cm³/mol. The first-order valence-electron chi connectivity index (χ1n) is 14.3. The average molecular weight is 562 g/mol. The fourth-order valence-electron chi connectivity index (χ4n) is 6.12. The topological polar surface area (TPSA) is 108 Å². The normalized spacial score (nSPS) is 23.0. The maximum atomic E-state index is 15.4. The Morgan fingerprint density at radius 1 is 1.12 bits per heavy atom. The molecule has 0 spiro atoms. The standard InChI is InChI=1S/C30H32FN5O5/c1-2-34-9-11-35(12-10-34)24-8-7-21-20(32-24)13-23(41-21)30(14-25(37)33-29(30)39)17-36-15-19-5-6-22(40-16-18-3-4-18)27(31)26(19)28(36)38/h5-8,13,18H,2-4,9-12,14-17H2,1H3,(H,33,37,39)/t30-/m0/s1. The van der Waals surface area contributed by atoms with Crippen LogP contribution in [0, 0.1) is 11.7 Å². The molecule has 3 fully saturated rings. The Morgan fingerprint density at radius 3 is 2.63 bits per heavy atom. The van der Waals surface area contributed by atoms with Crippen molar-refractivity contribution in [2.24, 2.45) is 5.92 Å². The lowest BCUT2D eigenvalue weighted by Crippen LogP contribution is -2.46.